The molecule has 22 heavy (non-hydrogen) atoms. The molecule has 1 fully saturated rings. The maximum atomic E-state index is 12.1. The number of nitrogens with one attached hydrogen (secondary N) is 1. The molecule has 116 valence electrons. The predicted molar refractivity (Wildman–Crippen MR) is 86.8 cm³/mol. The van der Waals surface area contributed by atoms with Crippen LogP contribution in [-0.2, 0) is 16.8 Å². The van der Waals surface area contributed by atoms with Crippen molar-refractivity contribution in [3.05, 3.63) is 53.1 Å². The highest BCUT2D eigenvalue weighted by molar-refractivity contribution is 5.76. The molecule has 1 N–H and O–H groups in total. The first-order chi connectivity index (χ1) is 10.5. The van der Waals surface area contributed by atoms with Crippen LogP contribution in [0, 0.1) is 20.8 Å². The summed E-state index contributed by atoms with van der Waals surface area (Å²) in [7, 11) is 0. The van der Waals surface area contributed by atoms with E-state index in [2.05, 4.69) is 42.3 Å². The predicted octanol–water partition coefficient (Wildman–Crippen LogP) is 2.66. The summed E-state index contributed by atoms with van der Waals surface area (Å²) in [6, 6.07) is 6.62. The lowest BCUT2D eigenvalue weighted by atomic mass is 9.91. The molecule has 0 saturated heterocycles. The Bertz CT molecular complexity index is 698. The zero-order valence-electron chi connectivity index (χ0n) is 13.5. The largest absolute Gasteiger partial charge is 0.354 e. The van der Waals surface area contributed by atoms with Gasteiger partial charge in [-0.05, 0) is 44.7 Å². The molecule has 1 aromatic heterocycles. The van der Waals surface area contributed by atoms with E-state index in [-0.39, 0.29) is 11.3 Å². The van der Waals surface area contributed by atoms with E-state index in [9.17, 15) is 4.79 Å². The molecular weight excluding hydrogens is 274 g/mol. The van der Waals surface area contributed by atoms with Crippen LogP contribution in [0.3, 0.4) is 0 Å². The van der Waals surface area contributed by atoms with Gasteiger partial charge in [0, 0.05) is 23.9 Å². The minimum atomic E-state index is 0.0529. The third-order valence-corrected chi connectivity index (χ3v) is 4.67. The Morgan fingerprint density at radius 3 is 2.68 bits per heavy atom. The molecule has 1 aromatic carbocycles. The van der Waals surface area contributed by atoms with Gasteiger partial charge in [-0.25, -0.2) is 4.98 Å². The zero-order valence-corrected chi connectivity index (χ0v) is 13.5. The number of hydrogen-bond acceptors (Lipinski definition) is 2. The topological polar surface area (TPSA) is 46.9 Å². The van der Waals surface area contributed by atoms with Crippen molar-refractivity contribution in [2.24, 2.45) is 0 Å². The molecule has 0 atom stereocenters. The van der Waals surface area contributed by atoms with Crippen LogP contribution in [0.5, 0.6) is 0 Å². The first-order valence-corrected chi connectivity index (χ1v) is 7.81. The first kappa shape index (κ1) is 14.8. The van der Waals surface area contributed by atoms with Gasteiger partial charge in [0.15, 0.2) is 0 Å². The summed E-state index contributed by atoms with van der Waals surface area (Å²) in [6.07, 6.45) is 5.78. The molecule has 4 nitrogen and oxygen atoms in total. The van der Waals surface area contributed by atoms with Crippen LogP contribution in [0.4, 0.5) is 0 Å². The molecule has 2 aromatic rings. The summed E-state index contributed by atoms with van der Waals surface area (Å²) < 4.78 is 1.87. The van der Waals surface area contributed by atoms with Gasteiger partial charge in [0.1, 0.15) is 6.54 Å². The molecular formula is C18H23N3O. The van der Waals surface area contributed by atoms with Gasteiger partial charge in [-0.15, -0.1) is 0 Å². The van der Waals surface area contributed by atoms with E-state index in [1.807, 2.05) is 11.5 Å². The van der Waals surface area contributed by atoms with Gasteiger partial charge in [0.2, 0.25) is 5.91 Å². The maximum absolute atomic E-state index is 12.1. The minimum Gasteiger partial charge on any atom is -0.354 e. The highest BCUT2D eigenvalue weighted by Crippen LogP contribution is 2.48. The second-order valence-electron chi connectivity index (χ2n) is 6.54. The number of aromatic nitrogens is 2. The molecule has 4 heteroatoms. The molecule has 0 unspecified atom stereocenters. The van der Waals surface area contributed by atoms with Crippen LogP contribution in [0.1, 0.15) is 35.2 Å². The Morgan fingerprint density at radius 2 is 2.09 bits per heavy atom. The molecule has 0 aliphatic heterocycles. The van der Waals surface area contributed by atoms with E-state index in [1.165, 1.54) is 16.7 Å². The van der Waals surface area contributed by atoms with Gasteiger partial charge in [-0.1, -0.05) is 23.8 Å². The normalized spacial score (nSPS) is 15.6. The van der Waals surface area contributed by atoms with E-state index in [0.29, 0.717) is 6.54 Å². The number of hydrogen-bond donors (Lipinski definition) is 1. The fourth-order valence-corrected chi connectivity index (χ4v) is 3.13. The minimum absolute atomic E-state index is 0.0529. The standard InChI is InChI=1S/C18H23N3O/c1-13-4-5-16(14(2)8-13)18(6-7-18)11-20-17(22)10-21-12-19-9-15(21)3/h4-5,8-9,12H,6-7,10-11H2,1-3H3,(H,20,22). The monoisotopic (exact) mass is 297 g/mol. The van der Waals surface area contributed by atoms with Crippen molar-refractivity contribution in [2.45, 2.75) is 45.6 Å². The van der Waals surface area contributed by atoms with E-state index in [0.717, 1.165) is 25.1 Å². The van der Waals surface area contributed by atoms with Crippen LogP contribution in [0.15, 0.2) is 30.7 Å². The zero-order chi connectivity index (χ0) is 15.7. The Hall–Kier alpha value is -2.10. The van der Waals surface area contributed by atoms with Gasteiger partial charge < -0.3 is 9.88 Å². The lowest BCUT2D eigenvalue weighted by Crippen LogP contribution is -2.34. The molecule has 1 amide bonds. The summed E-state index contributed by atoms with van der Waals surface area (Å²) >= 11 is 0. The third kappa shape index (κ3) is 2.91. The molecule has 0 bridgehead atoms. The quantitative estimate of drug-likeness (QED) is 0.922. The van der Waals surface area contributed by atoms with Crippen molar-refractivity contribution < 1.29 is 4.79 Å². The Kier molecular flexibility index (Phi) is 3.77. The Morgan fingerprint density at radius 1 is 1.32 bits per heavy atom. The van der Waals surface area contributed by atoms with Crippen LogP contribution >= 0.6 is 0 Å². The number of nitrogens with zero attached hydrogens (tertiary/aromatic N) is 2. The van der Waals surface area contributed by atoms with Gasteiger partial charge >= 0.3 is 0 Å². The van der Waals surface area contributed by atoms with E-state index < -0.39 is 0 Å². The van der Waals surface area contributed by atoms with Crippen molar-refractivity contribution >= 4 is 5.91 Å². The van der Waals surface area contributed by atoms with Gasteiger partial charge in [0.05, 0.1) is 6.33 Å². The summed E-state index contributed by atoms with van der Waals surface area (Å²) in [5.41, 5.74) is 5.16. The lowest BCUT2D eigenvalue weighted by molar-refractivity contribution is -0.121. The second-order valence-corrected chi connectivity index (χ2v) is 6.54. The van der Waals surface area contributed by atoms with Gasteiger partial charge in [-0.3, -0.25) is 4.79 Å². The van der Waals surface area contributed by atoms with Crippen LogP contribution in [0.2, 0.25) is 0 Å². The van der Waals surface area contributed by atoms with Crippen molar-refractivity contribution in [3.63, 3.8) is 0 Å². The lowest BCUT2D eigenvalue weighted by Gasteiger charge is -2.19. The summed E-state index contributed by atoms with van der Waals surface area (Å²) in [4.78, 5) is 16.2. The number of imidazole rings is 1. The Labute approximate surface area is 131 Å². The van der Waals surface area contributed by atoms with Crippen molar-refractivity contribution in [1.82, 2.24) is 14.9 Å². The van der Waals surface area contributed by atoms with Gasteiger partial charge in [-0.2, -0.15) is 0 Å². The number of aryl methyl sites for hydroxylation is 3. The number of carbonyl (C=O) groups is 1. The first-order valence-electron chi connectivity index (χ1n) is 7.81. The summed E-state index contributed by atoms with van der Waals surface area (Å²) in [5, 5.41) is 3.10. The molecule has 1 aliphatic rings. The van der Waals surface area contributed by atoms with Crippen LogP contribution in [0.25, 0.3) is 0 Å². The average molecular weight is 297 g/mol. The van der Waals surface area contributed by atoms with Crippen LogP contribution in [-0.4, -0.2) is 22.0 Å². The fourth-order valence-electron chi connectivity index (χ4n) is 3.13. The summed E-state index contributed by atoms with van der Waals surface area (Å²) in [6.45, 7) is 7.31. The number of rotatable bonds is 5. The SMILES string of the molecule is Cc1ccc(C2(CNC(=O)Cn3cncc3C)CC2)c(C)c1. The number of amides is 1. The van der Waals surface area contributed by atoms with Crippen molar-refractivity contribution in [1.29, 1.82) is 0 Å². The molecule has 3 rings (SSSR count). The number of carbonyl (C=O) groups excluding carboxylic acids is 1. The molecule has 1 aliphatic carbocycles. The average Bonchev–Trinajstić information content (AvgIpc) is 3.15. The molecule has 1 heterocycles. The molecule has 1 saturated carbocycles. The van der Waals surface area contributed by atoms with Gasteiger partial charge in [0.25, 0.3) is 0 Å². The highest BCUT2D eigenvalue weighted by atomic mass is 16.1. The van der Waals surface area contributed by atoms with E-state index in [4.69, 9.17) is 0 Å². The van der Waals surface area contributed by atoms with Crippen molar-refractivity contribution in [2.75, 3.05) is 6.54 Å². The maximum Gasteiger partial charge on any atom is 0.240 e. The highest BCUT2D eigenvalue weighted by Gasteiger charge is 2.45. The van der Waals surface area contributed by atoms with E-state index >= 15 is 0 Å². The smallest absolute Gasteiger partial charge is 0.240 e. The van der Waals surface area contributed by atoms with Crippen LogP contribution < -0.4 is 5.32 Å². The fraction of sp³-hybridized carbons (Fsp3) is 0.444. The third-order valence-electron chi connectivity index (χ3n) is 4.67. The second kappa shape index (κ2) is 5.59. The number of benzene rings is 1. The van der Waals surface area contributed by atoms with E-state index in [1.54, 1.807) is 12.5 Å². The summed E-state index contributed by atoms with van der Waals surface area (Å²) in [5.74, 6) is 0.0529. The van der Waals surface area contributed by atoms with Crippen molar-refractivity contribution in [3.8, 4) is 0 Å². The Balaban J connectivity index is 1.63. The molecule has 0 radical (unpaired) electrons. The molecule has 0 spiro atoms.